The highest BCUT2D eigenvalue weighted by atomic mass is 35.5. The van der Waals surface area contributed by atoms with Crippen LogP contribution < -0.4 is 5.32 Å². The summed E-state index contributed by atoms with van der Waals surface area (Å²) in [6.45, 7) is 4.04. The fourth-order valence-corrected chi connectivity index (χ4v) is 2.39. The van der Waals surface area contributed by atoms with Gasteiger partial charge in [0.2, 0.25) is 0 Å². The molecule has 0 aromatic heterocycles. The van der Waals surface area contributed by atoms with Gasteiger partial charge in [0.15, 0.2) is 0 Å². The Hall–Kier alpha value is -0.680. The number of benzene rings is 1. The fraction of sp³-hybridized carbons (Fsp3) is 0.571. The Labute approximate surface area is 118 Å². The summed E-state index contributed by atoms with van der Waals surface area (Å²) in [6, 6.07) is 4.86. The third kappa shape index (κ3) is 3.45. The van der Waals surface area contributed by atoms with Crippen molar-refractivity contribution < 1.29 is 13.9 Å². The van der Waals surface area contributed by atoms with Gasteiger partial charge in [-0.3, -0.25) is 0 Å². The minimum atomic E-state index is -0.393. The van der Waals surface area contributed by atoms with Gasteiger partial charge in [-0.15, -0.1) is 0 Å². The lowest BCUT2D eigenvalue weighted by molar-refractivity contribution is -0.0172. The van der Waals surface area contributed by atoms with Crippen molar-refractivity contribution in [2.75, 3.05) is 26.9 Å². The minimum Gasteiger partial charge on any atom is -0.378 e. The van der Waals surface area contributed by atoms with E-state index in [-0.39, 0.29) is 16.7 Å². The molecular formula is C14H19ClFNO2. The summed E-state index contributed by atoms with van der Waals surface area (Å²) in [6.07, 6.45) is 0.882. The molecular weight excluding hydrogens is 269 g/mol. The lowest BCUT2D eigenvalue weighted by Crippen LogP contribution is -2.43. The highest BCUT2D eigenvalue weighted by Crippen LogP contribution is 2.24. The number of hydrogen-bond acceptors (Lipinski definition) is 3. The zero-order valence-corrected chi connectivity index (χ0v) is 12.0. The molecule has 2 unspecified atom stereocenters. The summed E-state index contributed by atoms with van der Waals surface area (Å²) in [5, 5.41) is 3.54. The summed E-state index contributed by atoms with van der Waals surface area (Å²) >= 11 is 5.79. The number of ether oxygens (including phenoxy) is 2. The second-order valence-electron chi connectivity index (χ2n) is 4.97. The molecule has 5 heteroatoms. The molecule has 2 atom stereocenters. The Morgan fingerprint density at radius 2 is 2.37 bits per heavy atom. The summed E-state index contributed by atoms with van der Waals surface area (Å²) in [4.78, 5) is 0. The van der Waals surface area contributed by atoms with Crippen LogP contribution in [-0.4, -0.2) is 32.5 Å². The number of hydrogen-bond donors (Lipinski definition) is 1. The van der Waals surface area contributed by atoms with Crippen molar-refractivity contribution in [3.8, 4) is 0 Å². The van der Waals surface area contributed by atoms with Crippen LogP contribution >= 0.6 is 11.6 Å². The molecule has 1 aliphatic rings. The van der Waals surface area contributed by atoms with E-state index in [4.69, 9.17) is 21.1 Å². The largest absolute Gasteiger partial charge is 0.378 e. The normalized spacial score (nSPS) is 24.6. The quantitative estimate of drug-likeness (QED) is 0.903. The molecule has 106 valence electrons. The van der Waals surface area contributed by atoms with Crippen LogP contribution in [0, 0.1) is 5.82 Å². The van der Waals surface area contributed by atoms with Crippen molar-refractivity contribution in [3.63, 3.8) is 0 Å². The molecule has 1 aromatic rings. The Bertz CT molecular complexity index is 435. The molecule has 1 heterocycles. The molecule has 1 saturated heterocycles. The molecule has 2 rings (SSSR count). The van der Waals surface area contributed by atoms with Crippen molar-refractivity contribution in [1.29, 1.82) is 0 Å². The van der Waals surface area contributed by atoms with Gasteiger partial charge in [-0.05, 0) is 24.6 Å². The highest BCUT2D eigenvalue weighted by molar-refractivity contribution is 6.30. The molecule has 3 nitrogen and oxygen atoms in total. The van der Waals surface area contributed by atoms with E-state index >= 15 is 0 Å². The first kappa shape index (κ1) is 14.7. The Kier molecular flexibility index (Phi) is 4.79. The van der Waals surface area contributed by atoms with E-state index in [0.29, 0.717) is 13.2 Å². The fourth-order valence-electron chi connectivity index (χ4n) is 2.20. The van der Waals surface area contributed by atoms with Crippen LogP contribution in [0.25, 0.3) is 0 Å². The Balaban J connectivity index is 1.96. The maximum absolute atomic E-state index is 13.1. The van der Waals surface area contributed by atoms with E-state index < -0.39 is 5.82 Å². The first-order chi connectivity index (χ1) is 9.06. The summed E-state index contributed by atoms with van der Waals surface area (Å²) in [5.74, 6) is -0.393. The molecule has 1 N–H and O–H groups in total. The van der Waals surface area contributed by atoms with Gasteiger partial charge in [0.25, 0.3) is 0 Å². The van der Waals surface area contributed by atoms with Crippen molar-refractivity contribution in [3.05, 3.63) is 34.6 Å². The predicted molar refractivity (Wildman–Crippen MR) is 73.0 cm³/mol. The molecule has 0 spiro atoms. The van der Waals surface area contributed by atoms with Gasteiger partial charge in [0, 0.05) is 32.7 Å². The maximum atomic E-state index is 13.1. The molecule has 0 bridgehead atoms. The van der Waals surface area contributed by atoms with Gasteiger partial charge in [-0.1, -0.05) is 17.7 Å². The first-order valence-corrected chi connectivity index (χ1v) is 6.75. The topological polar surface area (TPSA) is 30.5 Å². The monoisotopic (exact) mass is 287 g/mol. The van der Waals surface area contributed by atoms with Gasteiger partial charge < -0.3 is 14.8 Å². The SMILES string of the molecule is COC1(CNC(C)c2ccc(F)c(Cl)c2)CCOC1. The van der Waals surface area contributed by atoms with E-state index in [0.717, 1.165) is 18.6 Å². The number of rotatable bonds is 5. The van der Waals surface area contributed by atoms with Crippen LogP contribution in [-0.2, 0) is 9.47 Å². The molecule has 1 aliphatic heterocycles. The van der Waals surface area contributed by atoms with Crippen LogP contribution in [0.4, 0.5) is 4.39 Å². The van der Waals surface area contributed by atoms with E-state index in [1.54, 1.807) is 19.2 Å². The third-order valence-electron chi connectivity index (χ3n) is 3.67. The zero-order valence-electron chi connectivity index (χ0n) is 11.2. The van der Waals surface area contributed by atoms with Crippen molar-refractivity contribution in [1.82, 2.24) is 5.32 Å². The smallest absolute Gasteiger partial charge is 0.141 e. The second-order valence-corrected chi connectivity index (χ2v) is 5.37. The third-order valence-corrected chi connectivity index (χ3v) is 3.96. The Morgan fingerprint density at radius 1 is 1.58 bits per heavy atom. The van der Waals surface area contributed by atoms with Gasteiger partial charge in [-0.2, -0.15) is 0 Å². The predicted octanol–water partition coefficient (Wildman–Crippen LogP) is 2.94. The van der Waals surface area contributed by atoms with E-state index in [2.05, 4.69) is 5.32 Å². The minimum absolute atomic E-state index is 0.0747. The number of halogens is 2. The van der Waals surface area contributed by atoms with Crippen LogP contribution in [0.5, 0.6) is 0 Å². The summed E-state index contributed by atoms with van der Waals surface area (Å²) < 4.78 is 24.1. The molecule has 0 aliphatic carbocycles. The van der Waals surface area contributed by atoms with Crippen molar-refractivity contribution >= 4 is 11.6 Å². The molecule has 1 aromatic carbocycles. The first-order valence-electron chi connectivity index (χ1n) is 6.37. The molecule has 0 saturated carbocycles. The van der Waals surface area contributed by atoms with Crippen molar-refractivity contribution in [2.24, 2.45) is 0 Å². The average Bonchev–Trinajstić information content (AvgIpc) is 2.89. The van der Waals surface area contributed by atoms with E-state index in [9.17, 15) is 4.39 Å². The number of nitrogens with one attached hydrogen (secondary N) is 1. The van der Waals surface area contributed by atoms with Crippen LogP contribution in [0.1, 0.15) is 24.9 Å². The lowest BCUT2D eigenvalue weighted by Gasteiger charge is -2.28. The second kappa shape index (κ2) is 6.18. The van der Waals surface area contributed by atoms with Gasteiger partial charge >= 0.3 is 0 Å². The van der Waals surface area contributed by atoms with Crippen LogP contribution in [0.15, 0.2) is 18.2 Å². The summed E-state index contributed by atoms with van der Waals surface area (Å²) in [5.41, 5.74) is 0.703. The molecule has 0 radical (unpaired) electrons. The summed E-state index contributed by atoms with van der Waals surface area (Å²) in [7, 11) is 1.70. The Morgan fingerprint density at radius 3 is 2.95 bits per heavy atom. The molecule has 19 heavy (non-hydrogen) atoms. The van der Waals surface area contributed by atoms with Gasteiger partial charge in [0.1, 0.15) is 11.4 Å². The highest BCUT2D eigenvalue weighted by Gasteiger charge is 2.34. The average molecular weight is 288 g/mol. The molecule has 0 amide bonds. The van der Waals surface area contributed by atoms with Crippen LogP contribution in [0.2, 0.25) is 5.02 Å². The van der Waals surface area contributed by atoms with E-state index in [1.165, 1.54) is 6.07 Å². The standard InChI is InChI=1S/C14H19ClFNO2/c1-10(11-3-4-13(16)12(15)7-11)17-8-14(18-2)5-6-19-9-14/h3-4,7,10,17H,5-6,8-9H2,1-2H3. The molecule has 1 fully saturated rings. The van der Waals surface area contributed by atoms with E-state index in [1.807, 2.05) is 6.92 Å². The lowest BCUT2D eigenvalue weighted by atomic mass is 10.0. The van der Waals surface area contributed by atoms with Gasteiger partial charge in [-0.25, -0.2) is 4.39 Å². The zero-order chi connectivity index (χ0) is 13.9. The van der Waals surface area contributed by atoms with Crippen LogP contribution in [0.3, 0.4) is 0 Å². The van der Waals surface area contributed by atoms with Crippen molar-refractivity contribution in [2.45, 2.75) is 25.0 Å². The number of methoxy groups -OCH3 is 1. The maximum Gasteiger partial charge on any atom is 0.141 e. The van der Waals surface area contributed by atoms with Gasteiger partial charge in [0.05, 0.1) is 11.6 Å².